The number of ether oxygens (including phenoxy) is 4. The second-order valence-corrected chi connectivity index (χ2v) is 3.38. The Morgan fingerprint density at radius 3 is 2.22 bits per heavy atom. The molecule has 0 bridgehead atoms. The van der Waals surface area contributed by atoms with E-state index in [1.165, 1.54) is 34.5 Å². The number of carbonyl (C=O) groups excluding carboxylic acids is 1. The highest BCUT2D eigenvalue weighted by Gasteiger charge is 2.25. The minimum atomic E-state index is -1.46. The van der Waals surface area contributed by atoms with Gasteiger partial charge in [-0.3, -0.25) is 0 Å². The zero-order valence-corrected chi connectivity index (χ0v) is 10.7. The van der Waals surface area contributed by atoms with E-state index in [1.807, 2.05) is 0 Å². The summed E-state index contributed by atoms with van der Waals surface area (Å²) in [5, 5.41) is 9.88. The maximum Gasteiger partial charge on any atom is 0.339 e. The normalized spacial score (nSPS) is 11.6. The Morgan fingerprint density at radius 2 is 1.78 bits per heavy atom. The van der Waals surface area contributed by atoms with Crippen molar-refractivity contribution in [2.75, 3.05) is 28.4 Å². The molecule has 1 aromatic carbocycles. The van der Waals surface area contributed by atoms with E-state index < -0.39 is 12.1 Å². The molecule has 0 heterocycles. The fraction of sp³-hybridized carbons (Fsp3) is 0.417. The van der Waals surface area contributed by atoms with Crippen LogP contribution in [0, 0.1) is 0 Å². The standard InChI is InChI=1S/C12H16O6/c1-15-7-5-8(10(13)12(14)18-4)11(17-3)9(6-7)16-2/h5-6,10,13H,1-4H3. The summed E-state index contributed by atoms with van der Waals surface area (Å²) in [6.45, 7) is 0. The zero-order chi connectivity index (χ0) is 13.7. The maximum absolute atomic E-state index is 11.4. The lowest BCUT2D eigenvalue weighted by molar-refractivity contribution is -0.150. The molecule has 18 heavy (non-hydrogen) atoms. The predicted octanol–water partition coefficient (Wildman–Crippen LogP) is 0.919. The maximum atomic E-state index is 11.4. The van der Waals surface area contributed by atoms with Crippen molar-refractivity contribution >= 4 is 5.97 Å². The Morgan fingerprint density at radius 1 is 1.11 bits per heavy atom. The van der Waals surface area contributed by atoms with Crippen LogP contribution in [0.2, 0.25) is 0 Å². The predicted molar refractivity (Wildman–Crippen MR) is 63.1 cm³/mol. The van der Waals surface area contributed by atoms with Gasteiger partial charge in [-0.25, -0.2) is 4.79 Å². The van der Waals surface area contributed by atoms with Crippen LogP contribution in [0.3, 0.4) is 0 Å². The number of aliphatic hydroxyl groups is 1. The van der Waals surface area contributed by atoms with Crippen LogP contribution in [-0.4, -0.2) is 39.5 Å². The summed E-state index contributed by atoms with van der Waals surface area (Å²) in [4.78, 5) is 11.4. The van der Waals surface area contributed by atoms with Gasteiger partial charge in [-0.15, -0.1) is 0 Å². The topological polar surface area (TPSA) is 74.2 Å². The molecule has 0 fully saturated rings. The van der Waals surface area contributed by atoms with Gasteiger partial charge in [0.05, 0.1) is 28.4 Å². The molecule has 1 atom stereocenters. The second kappa shape index (κ2) is 6.11. The van der Waals surface area contributed by atoms with Gasteiger partial charge in [0.25, 0.3) is 0 Å². The molecule has 100 valence electrons. The lowest BCUT2D eigenvalue weighted by Gasteiger charge is -2.17. The second-order valence-electron chi connectivity index (χ2n) is 3.38. The van der Waals surface area contributed by atoms with Crippen molar-refractivity contribution in [2.45, 2.75) is 6.10 Å². The van der Waals surface area contributed by atoms with Crippen LogP contribution in [0.5, 0.6) is 17.2 Å². The summed E-state index contributed by atoms with van der Waals surface area (Å²) in [6, 6.07) is 3.08. The molecule has 0 amide bonds. The SMILES string of the molecule is COC(=O)C(O)c1cc(OC)cc(OC)c1OC. The Bertz CT molecular complexity index is 429. The number of esters is 1. The third-order valence-corrected chi connectivity index (χ3v) is 2.44. The molecular weight excluding hydrogens is 240 g/mol. The number of methoxy groups -OCH3 is 4. The Labute approximate surface area is 105 Å². The number of benzene rings is 1. The van der Waals surface area contributed by atoms with Gasteiger partial charge in [0.1, 0.15) is 5.75 Å². The molecule has 0 spiro atoms. The van der Waals surface area contributed by atoms with Crippen LogP contribution in [0.4, 0.5) is 0 Å². The van der Waals surface area contributed by atoms with Crippen molar-refractivity contribution < 1.29 is 28.8 Å². The van der Waals surface area contributed by atoms with Gasteiger partial charge in [0.15, 0.2) is 17.6 Å². The lowest BCUT2D eigenvalue weighted by Crippen LogP contribution is -2.15. The van der Waals surface area contributed by atoms with E-state index in [0.29, 0.717) is 11.5 Å². The van der Waals surface area contributed by atoms with E-state index in [-0.39, 0.29) is 11.3 Å². The average Bonchev–Trinajstić information content (AvgIpc) is 2.43. The molecule has 0 saturated carbocycles. The van der Waals surface area contributed by atoms with E-state index in [2.05, 4.69) is 4.74 Å². The van der Waals surface area contributed by atoms with Gasteiger partial charge in [-0.1, -0.05) is 0 Å². The number of aliphatic hydroxyl groups excluding tert-OH is 1. The van der Waals surface area contributed by atoms with Crippen molar-refractivity contribution in [1.82, 2.24) is 0 Å². The molecule has 6 heteroatoms. The molecule has 0 aromatic heterocycles. The van der Waals surface area contributed by atoms with Gasteiger partial charge < -0.3 is 24.1 Å². The molecule has 0 aliphatic carbocycles. The molecule has 1 N–H and O–H groups in total. The lowest BCUT2D eigenvalue weighted by atomic mass is 10.1. The van der Waals surface area contributed by atoms with Crippen LogP contribution >= 0.6 is 0 Å². The van der Waals surface area contributed by atoms with Crippen LogP contribution in [0.1, 0.15) is 11.7 Å². The molecule has 6 nitrogen and oxygen atoms in total. The summed E-state index contributed by atoms with van der Waals surface area (Å²) in [5.41, 5.74) is 0.223. The van der Waals surface area contributed by atoms with Crippen LogP contribution in [0.15, 0.2) is 12.1 Å². The minimum Gasteiger partial charge on any atom is -0.497 e. The number of hydrogen-bond acceptors (Lipinski definition) is 6. The van der Waals surface area contributed by atoms with Crippen LogP contribution in [0.25, 0.3) is 0 Å². The monoisotopic (exact) mass is 256 g/mol. The van der Waals surface area contributed by atoms with Gasteiger partial charge in [-0.05, 0) is 6.07 Å². The number of rotatable bonds is 5. The Hall–Kier alpha value is -1.95. The van der Waals surface area contributed by atoms with E-state index >= 15 is 0 Å². The molecule has 0 aliphatic rings. The highest BCUT2D eigenvalue weighted by atomic mass is 16.5. The fourth-order valence-electron chi connectivity index (χ4n) is 1.53. The fourth-order valence-corrected chi connectivity index (χ4v) is 1.53. The van der Waals surface area contributed by atoms with Gasteiger partial charge in [0.2, 0.25) is 0 Å². The largest absolute Gasteiger partial charge is 0.497 e. The van der Waals surface area contributed by atoms with Gasteiger partial charge >= 0.3 is 5.97 Å². The van der Waals surface area contributed by atoms with E-state index in [0.717, 1.165) is 0 Å². The van der Waals surface area contributed by atoms with E-state index in [9.17, 15) is 9.90 Å². The minimum absolute atomic E-state index is 0.223. The highest BCUT2D eigenvalue weighted by Crippen LogP contribution is 2.38. The Kier molecular flexibility index (Phi) is 4.79. The highest BCUT2D eigenvalue weighted by molar-refractivity contribution is 5.78. The molecule has 1 rings (SSSR count). The summed E-state index contributed by atoms with van der Waals surface area (Å²) < 4.78 is 19.8. The number of hydrogen-bond donors (Lipinski definition) is 1. The third kappa shape index (κ3) is 2.65. The molecule has 1 aromatic rings. The van der Waals surface area contributed by atoms with Crippen molar-refractivity contribution in [3.05, 3.63) is 17.7 Å². The third-order valence-electron chi connectivity index (χ3n) is 2.44. The van der Waals surface area contributed by atoms with E-state index in [1.54, 1.807) is 6.07 Å². The first-order chi connectivity index (χ1) is 8.58. The summed E-state index contributed by atoms with van der Waals surface area (Å²) in [7, 11) is 5.52. The van der Waals surface area contributed by atoms with Crippen molar-refractivity contribution in [1.29, 1.82) is 0 Å². The smallest absolute Gasteiger partial charge is 0.339 e. The first-order valence-corrected chi connectivity index (χ1v) is 5.14. The van der Waals surface area contributed by atoms with Crippen molar-refractivity contribution in [3.63, 3.8) is 0 Å². The molecule has 0 aliphatic heterocycles. The van der Waals surface area contributed by atoms with Gasteiger partial charge in [0, 0.05) is 11.6 Å². The first kappa shape index (κ1) is 14.1. The van der Waals surface area contributed by atoms with Gasteiger partial charge in [-0.2, -0.15) is 0 Å². The van der Waals surface area contributed by atoms with Crippen LogP contribution in [-0.2, 0) is 9.53 Å². The summed E-state index contributed by atoms with van der Waals surface area (Å²) in [5.74, 6) is 0.264. The van der Waals surface area contributed by atoms with E-state index in [4.69, 9.17) is 14.2 Å². The quantitative estimate of drug-likeness (QED) is 0.790. The van der Waals surface area contributed by atoms with Crippen LogP contribution < -0.4 is 14.2 Å². The van der Waals surface area contributed by atoms with Crippen molar-refractivity contribution in [3.8, 4) is 17.2 Å². The van der Waals surface area contributed by atoms with Crippen molar-refractivity contribution in [2.24, 2.45) is 0 Å². The molecule has 0 saturated heterocycles. The first-order valence-electron chi connectivity index (χ1n) is 5.14. The molecule has 1 unspecified atom stereocenters. The number of carbonyl (C=O) groups is 1. The summed E-state index contributed by atoms with van der Waals surface area (Å²) >= 11 is 0. The zero-order valence-electron chi connectivity index (χ0n) is 10.7. The molecular formula is C12H16O6. The average molecular weight is 256 g/mol. The Balaban J connectivity index is 3.34. The molecule has 0 radical (unpaired) electrons. The summed E-state index contributed by atoms with van der Waals surface area (Å²) in [6.07, 6.45) is -1.46.